The van der Waals surface area contributed by atoms with Gasteiger partial charge in [0.25, 0.3) is 0 Å². The lowest BCUT2D eigenvalue weighted by atomic mass is 10.4. The van der Waals surface area contributed by atoms with E-state index >= 15 is 0 Å². The lowest BCUT2D eigenvalue weighted by Gasteiger charge is -2.05. The molecule has 0 fully saturated rings. The van der Waals surface area contributed by atoms with Gasteiger partial charge < -0.3 is 10.1 Å². The molecule has 0 aliphatic rings. The lowest BCUT2D eigenvalue weighted by Crippen LogP contribution is -2.06. The Morgan fingerprint density at radius 1 is 1.36 bits per heavy atom. The minimum Gasteiger partial charge on any atom is -0.497 e. The van der Waals surface area contributed by atoms with Crippen molar-refractivity contribution in [2.45, 2.75) is 13.8 Å². The Morgan fingerprint density at radius 2 is 1.91 bits per heavy atom. The zero-order valence-electron chi connectivity index (χ0n) is 7.40. The molecule has 62 valence electrons. The average Bonchev–Trinajstić information content (AvgIpc) is 1.85. The highest BCUT2D eigenvalue weighted by molar-refractivity contribution is 5.15. The predicted octanol–water partition coefficient (Wildman–Crippen LogP) is 2.17. The van der Waals surface area contributed by atoms with Crippen molar-refractivity contribution in [1.82, 2.24) is 5.32 Å². The Kier molecular flexibility index (Phi) is 4.11. The second kappa shape index (κ2) is 4.61. The molecule has 0 amide bonds. The molecule has 0 aromatic rings. The molecule has 0 atom stereocenters. The first kappa shape index (κ1) is 9.82. The van der Waals surface area contributed by atoms with Gasteiger partial charge in [0.2, 0.25) is 0 Å². The summed E-state index contributed by atoms with van der Waals surface area (Å²) in [5.41, 5.74) is 1.88. The van der Waals surface area contributed by atoms with Gasteiger partial charge in [0.05, 0.1) is 7.11 Å². The van der Waals surface area contributed by atoms with E-state index < -0.39 is 0 Å². The Labute approximate surface area is 68.3 Å². The van der Waals surface area contributed by atoms with E-state index in [1.807, 2.05) is 19.9 Å². The van der Waals surface area contributed by atoms with Crippen LogP contribution in [0.4, 0.5) is 0 Å². The van der Waals surface area contributed by atoms with E-state index in [0.717, 1.165) is 11.4 Å². The summed E-state index contributed by atoms with van der Waals surface area (Å²) in [7, 11) is 1.59. The van der Waals surface area contributed by atoms with Gasteiger partial charge in [0, 0.05) is 11.4 Å². The summed E-state index contributed by atoms with van der Waals surface area (Å²) in [6.07, 6.45) is 1.81. The average molecular weight is 153 g/mol. The van der Waals surface area contributed by atoms with E-state index in [2.05, 4.69) is 18.5 Å². The largest absolute Gasteiger partial charge is 0.497 e. The van der Waals surface area contributed by atoms with Gasteiger partial charge in [-0.15, -0.1) is 0 Å². The zero-order chi connectivity index (χ0) is 8.85. The van der Waals surface area contributed by atoms with Gasteiger partial charge in [-0.25, -0.2) is 0 Å². The van der Waals surface area contributed by atoms with E-state index in [9.17, 15) is 0 Å². The van der Waals surface area contributed by atoms with Crippen LogP contribution in [0.2, 0.25) is 0 Å². The summed E-state index contributed by atoms with van der Waals surface area (Å²) in [4.78, 5) is 0. The third-order valence-corrected chi connectivity index (χ3v) is 1.05. The van der Waals surface area contributed by atoms with Crippen LogP contribution in [0.25, 0.3) is 0 Å². The van der Waals surface area contributed by atoms with Crippen LogP contribution in [0, 0.1) is 0 Å². The van der Waals surface area contributed by atoms with Gasteiger partial charge in [-0.3, -0.25) is 0 Å². The van der Waals surface area contributed by atoms with E-state index in [-0.39, 0.29) is 0 Å². The first-order valence-corrected chi connectivity index (χ1v) is 3.40. The fourth-order valence-corrected chi connectivity index (χ4v) is 0.673. The lowest BCUT2D eigenvalue weighted by molar-refractivity contribution is 0.308. The summed E-state index contributed by atoms with van der Waals surface area (Å²) in [5.74, 6) is 0.635. The minimum absolute atomic E-state index is 0.635. The first-order valence-electron chi connectivity index (χ1n) is 3.40. The number of methoxy groups -OCH3 is 1. The molecule has 0 radical (unpaired) electrons. The van der Waals surface area contributed by atoms with Gasteiger partial charge in [-0.1, -0.05) is 13.2 Å². The summed E-state index contributed by atoms with van der Waals surface area (Å²) in [6.45, 7) is 11.2. The van der Waals surface area contributed by atoms with Gasteiger partial charge in [-0.2, -0.15) is 0 Å². The Hall–Kier alpha value is -1.18. The maximum atomic E-state index is 4.86. The van der Waals surface area contributed by atoms with Crippen molar-refractivity contribution >= 4 is 0 Å². The summed E-state index contributed by atoms with van der Waals surface area (Å²) in [6, 6.07) is 0. The fraction of sp³-hybridized carbons (Fsp3) is 0.333. The molecular formula is C9H15NO. The van der Waals surface area contributed by atoms with Crippen LogP contribution in [0.5, 0.6) is 0 Å². The van der Waals surface area contributed by atoms with Crippen LogP contribution >= 0.6 is 0 Å². The van der Waals surface area contributed by atoms with Crippen LogP contribution in [0.15, 0.2) is 36.4 Å². The second-order valence-electron chi connectivity index (χ2n) is 2.40. The Morgan fingerprint density at radius 3 is 2.27 bits per heavy atom. The van der Waals surface area contributed by atoms with Crippen molar-refractivity contribution in [3.8, 4) is 0 Å². The molecule has 1 N–H and O–H groups in total. The highest BCUT2D eigenvalue weighted by Crippen LogP contribution is 1.98. The topological polar surface area (TPSA) is 21.3 Å². The van der Waals surface area contributed by atoms with Crippen LogP contribution in [-0.2, 0) is 4.74 Å². The molecule has 0 aliphatic heterocycles. The van der Waals surface area contributed by atoms with E-state index in [1.165, 1.54) is 0 Å². The zero-order valence-corrected chi connectivity index (χ0v) is 7.40. The molecule has 0 unspecified atom stereocenters. The monoisotopic (exact) mass is 153 g/mol. The van der Waals surface area contributed by atoms with Gasteiger partial charge in [0.15, 0.2) is 0 Å². The third kappa shape index (κ3) is 5.27. The molecule has 0 aromatic carbocycles. The van der Waals surface area contributed by atoms with Crippen molar-refractivity contribution < 1.29 is 4.74 Å². The molecule has 0 spiro atoms. The molecule has 0 aliphatic carbocycles. The molecule has 0 aromatic heterocycles. The van der Waals surface area contributed by atoms with Crippen LogP contribution in [0.3, 0.4) is 0 Å². The summed E-state index contributed by atoms with van der Waals surface area (Å²) < 4.78 is 4.86. The van der Waals surface area contributed by atoms with Crippen LogP contribution in [0.1, 0.15) is 13.8 Å². The van der Waals surface area contributed by atoms with E-state index in [0.29, 0.717) is 5.76 Å². The predicted molar refractivity (Wildman–Crippen MR) is 47.9 cm³/mol. The normalized spacial score (nSPS) is 10.6. The number of nitrogens with one attached hydrogen (secondary N) is 1. The van der Waals surface area contributed by atoms with Crippen molar-refractivity contribution in [3.05, 3.63) is 36.4 Å². The molecule has 2 nitrogen and oxygen atoms in total. The third-order valence-electron chi connectivity index (χ3n) is 1.05. The van der Waals surface area contributed by atoms with Gasteiger partial charge in [-0.05, 0) is 19.9 Å². The maximum Gasteiger partial charge on any atom is 0.113 e. The summed E-state index contributed by atoms with van der Waals surface area (Å²) >= 11 is 0. The number of hydrogen-bond donors (Lipinski definition) is 1. The minimum atomic E-state index is 0.635. The van der Waals surface area contributed by atoms with Crippen LogP contribution < -0.4 is 5.32 Å². The molecule has 0 rings (SSSR count). The molecule has 0 saturated carbocycles. The van der Waals surface area contributed by atoms with Crippen molar-refractivity contribution in [2.24, 2.45) is 0 Å². The quantitative estimate of drug-likeness (QED) is 0.493. The highest BCUT2D eigenvalue weighted by Gasteiger charge is 1.89. The first-order chi connectivity index (χ1) is 5.06. The Bertz CT molecular complexity index is 192. The number of allylic oxidation sites excluding steroid dienone is 3. The summed E-state index contributed by atoms with van der Waals surface area (Å²) in [5, 5.41) is 3.03. The Balaban J connectivity index is 4.00. The fourth-order valence-electron chi connectivity index (χ4n) is 0.673. The number of rotatable bonds is 4. The number of ether oxygens (including phenoxy) is 1. The smallest absolute Gasteiger partial charge is 0.113 e. The highest BCUT2D eigenvalue weighted by atomic mass is 16.5. The number of hydrogen-bond acceptors (Lipinski definition) is 2. The molecule has 0 heterocycles. The van der Waals surface area contributed by atoms with Gasteiger partial charge in [0.1, 0.15) is 5.76 Å². The maximum absolute atomic E-state index is 4.86. The molecule has 0 saturated heterocycles. The SMILES string of the molecule is C=C(C)N/C(C)=C/C(=C)OC. The molecule has 11 heavy (non-hydrogen) atoms. The van der Waals surface area contributed by atoms with E-state index in [4.69, 9.17) is 4.74 Å². The van der Waals surface area contributed by atoms with Crippen LogP contribution in [-0.4, -0.2) is 7.11 Å². The van der Waals surface area contributed by atoms with Crippen molar-refractivity contribution in [2.75, 3.05) is 7.11 Å². The van der Waals surface area contributed by atoms with Gasteiger partial charge >= 0.3 is 0 Å². The molecule has 0 bridgehead atoms. The molecule has 2 heteroatoms. The standard InChI is InChI=1S/C9H15NO/c1-7(2)10-8(3)6-9(4)11-5/h6,10H,1,4H2,2-3,5H3/b8-6+. The van der Waals surface area contributed by atoms with E-state index in [1.54, 1.807) is 7.11 Å². The van der Waals surface area contributed by atoms with Crippen molar-refractivity contribution in [1.29, 1.82) is 0 Å². The second-order valence-corrected chi connectivity index (χ2v) is 2.40. The molecular weight excluding hydrogens is 138 g/mol. The van der Waals surface area contributed by atoms with Crippen molar-refractivity contribution in [3.63, 3.8) is 0 Å².